The van der Waals surface area contributed by atoms with E-state index in [2.05, 4.69) is 11.6 Å². The molecule has 0 spiro atoms. The number of Topliss-reactive ketones (excluding diaryl/α,β-unsaturated/α-hetero) is 1. The molecule has 1 aliphatic heterocycles. The average molecular weight is 436 g/mol. The molecule has 0 bridgehead atoms. The molecule has 8 heteroatoms. The Bertz CT molecular complexity index is 1170. The monoisotopic (exact) mass is 436 g/mol. The number of benzene rings is 2. The lowest BCUT2D eigenvalue weighted by molar-refractivity contribution is -0.117. The summed E-state index contributed by atoms with van der Waals surface area (Å²) >= 11 is 1.15. The maximum atomic E-state index is 14.7. The predicted molar refractivity (Wildman–Crippen MR) is 115 cm³/mol. The van der Waals surface area contributed by atoms with Crippen molar-refractivity contribution in [1.82, 2.24) is 4.98 Å². The van der Waals surface area contributed by atoms with E-state index in [0.29, 0.717) is 12.4 Å². The highest BCUT2D eigenvalue weighted by molar-refractivity contribution is 7.13. The lowest BCUT2D eigenvalue weighted by Crippen LogP contribution is -2.31. The first-order valence-corrected chi connectivity index (χ1v) is 10.2. The number of amides is 1. The van der Waals surface area contributed by atoms with Gasteiger partial charge in [-0.2, -0.15) is 0 Å². The number of thiazole rings is 1. The summed E-state index contributed by atoms with van der Waals surface area (Å²) in [6.07, 6.45) is 3.09. The summed E-state index contributed by atoms with van der Waals surface area (Å²) < 4.78 is 20.1. The average Bonchev–Trinajstić information content (AvgIpc) is 3.39. The van der Waals surface area contributed by atoms with Gasteiger partial charge in [-0.05, 0) is 30.3 Å². The van der Waals surface area contributed by atoms with E-state index in [1.807, 2.05) is 0 Å². The summed E-state index contributed by atoms with van der Waals surface area (Å²) in [5, 5.41) is 12.5. The van der Waals surface area contributed by atoms with Crippen LogP contribution in [0.3, 0.4) is 0 Å². The third-order valence-electron chi connectivity index (χ3n) is 4.76. The second-order valence-electron chi connectivity index (χ2n) is 6.63. The van der Waals surface area contributed by atoms with Gasteiger partial charge in [0, 0.05) is 22.7 Å². The zero-order chi connectivity index (χ0) is 22.0. The van der Waals surface area contributed by atoms with Crippen molar-refractivity contribution in [2.24, 2.45) is 0 Å². The minimum absolute atomic E-state index is 0.0874. The Morgan fingerprint density at radius 2 is 2.00 bits per heavy atom. The summed E-state index contributed by atoms with van der Waals surface area (Å²) in [7, 11) is 0. The van der Waals surface area contributed by atoms with Crippen molar-refractivity contribution in [3.05, 3.63) is 101 Å². The van der Waals surface area contributed by atoms with Crippen LogP contribution < -0.4 is 9.64 Å². The number of ketones is 1. The van der Waals surface area contributed by atoms with Crippen LogP contribution in [0.15, 0.2) is 84.1 Å². The Labute approximate surface area is 181 Å². The number of halogens is 1. The van der Waals surface area contributed by atoms with Crippen LogP contribution in [-0.4, -0.2) is 28.4 Å². The molecule has 156 valence electrons. The van der Waals surface area contributed by atoms with Crippen LogP contribution in [0.2, 0.25) is 0 Å². The van der Waals surface area contributed by atoms with Gasteiger partial charge in [-0.15, -0.1) is 11.3 Å². The highest BCUT2D eigenvalue weighted by Crippen LogP contribution is 2.43. The molecule has 2 heterocycles. The standard InChI is InChI=1S/C23H17FN2O4S/c1-2-12-30-15-9-7-14(8-10-15)20(27)18-19(16-5-3-4-6-17(16)24)26(22(29)21(18)28)23-25-11-13-31-23/h2-11,13,19,28H,1,12H2. The zero-order valence-electron chi connectivity index (χ0n) is 16.2. The molecular formula is C23H17FN2O4S. The number of carbonyl (C=O) groups is 2. The van der Waals surface area contributed by atoms with Gasteiger partial charge in [0.25, 0.3) is 5.91 Å². The van der Waals surface area contributed by atoms with Crippen LogP contribution in [0.25, 0.3) is 0 Å². The number of nitrogens with zero attached hydrogens (tertiary/aromatic N) is 2. The molecule has 1 amide bonds. The zero-order valence-corrected chi connectivity index (χ0v) is 17.0. The van der Waals surface area contributed by atoms with Crippen molar-refractivity contribution in [1.29, 1.82) is 0 Å². The molecule has 0 saturated heterocycles. The number of ether oxygens (including phenoxy) is 1. The second-order valence-corrected chi connectivity index (χ2v) is 7.50. The molecule has 1 aromatic heterocycles. The molecule has 3 aromatic rings. The predicted octanol–water partition coefficient (Wildman–Crippen LogP) is 4.63. The van der Waals surface area contributed by atoms with E-state index < -0.39 is 29.3 Å². The van der Waals surface area contributed by atoms with Crippen molar-refractivity contribution in [2.45, 2.75) is 6.04 Å². The van der Waals surface area contributed by atoms with Gasteiger partial charge >= 0.3 is 0 Å². The minimum atomic E-state index is -1.15. The highest BCUT2D eigenvalue weighted by atomic mass is 32.1. The normalized spacial score (nSPS) is 16.0. The number of aromatic nitrogens is 1. The fraction of sp³-hybridized carbons (Fsp3) is 0.0870. The number of anilines is 1. The number of hydrogen-bond donors (Lipinski definition) is 1. The molecule has 1 aliphatic rings. The van der Waals surface area contributed by atoms with Crippen molar-refractivity contribution >= 4 is 28.2 Å². The van der Waals surface area contributed by atoms with Gasteiger partial charge in [-0.3, -0.25) is 14.5 Å². The van der Waals surface area contributed by atoms with Crippen LogP contribution in [0, 0.1) is 5.82 Å². The molecule has 1 unspecified atom stereocenters. The summed E-state index contributed by atoms with van der Waals surface area (Å²) in [6.45, 7) is 3.89. The lowest BCUT2D eigenvalue weighted by atomic mass is 9.92. The molecule has 0 radical (unpaired) electrons. The Balaban J connectivity index is 1.78. The third-order valence-corrected chi connectivity index (χ3v) is 5.53. The van der Waals surface area contributed by atoms with Crippen LogP contribution >= 0.6 is 11.3 Å². The molecule has 6 nitrogen and oxygen atoms in total. The van der Waals surface area contributed by atoms with Gasteiger partial charge in [0.1, 0.15) is 24.2 Å². The van der Waals surface area contributed by atoms with Crippen LogP contribution in [0.4, 0.5) is 9.52 Å². The molecule has 1 N–H and O–H groups in total. The quantitative estimate of drug-likeness (QED) is 0.432. The van der Waals surface area contributed by atoms with E-state index in [1.165, 1.54) is 36.5 Å². The van der Waals surface area contributed by atoms with E-state index in [-0.39, 0.29) is 21.8 Å². The topological polar surface area (TPSA) is 79.7 Å². The molecule has 31 heavy (non-hydrogen) atoms. The smallest absolute Gasteiger partial charge is 0.296 e. The second kappa shape index (κ2) is 8.53. The molecule has 0 aliphatic carbocycles. The highest BCUT2D eigenvalue weighted by Gasteiger charge is 2.46. The number of aliphatic hydroxyl groups excluding tert-OH is 1. The van der Waals surface area contributed by atoms with Crippen molar-refractivity contribution < 1.29 is 23.8 Å². The van der Waals surface area contributed by atoms with Crippen molar-refractivity contribution in [2.75, 3.05) is 11.5 Å². The third kappa shape index (κ3) is 3.73. The molecule has 0 fully saturated rings. The van der Waals surface area contributed by atoms with Crippen molar-refractivity contribution in [3.8, 4) is 5.75 Å². The van der Waals surface area contributed by atoms with E-state index in [4.69, 9.17) is 4.74 Å². The maximum absolute atomic E-state index is 14.7. The largest absolute Gasteiger partial charge is 0.503 e. The summed E-state index contributed by atoms with van der Waals surface area (Å²) in [6, 6.07) is 10.9. The Kier molecular flexibility index (Phi) is 5.64. The van der Waals surface area contributed by atoms with Gasteiger partial charge in [-0.1, -0.05) is 30.9 Å². The van der Waals surface area contributed by atoms with Crippen LogP contribution in [0.5, 0.6) is 5.75 Å². The SMILES string of the molecule is C=CCOc1ccc(C(=O)C2=C(O)C(=O)N(c3nccs3)C2c2ccccc2F)cc1. The molecule has 4 rings (SSSR count). The van der Waals surface area contributed by atoms with E-state index in [9.17, 15) is 19.1 Å². The van der Waals surface area contributed by atoms with E-state index >= 15 is 0 Å². The molecule has 1 atom stereocenters. The summed E-state index contributed by atoms with van der Waals surface area (Å²) in [4.78, 5) is 31.5. The van der Waals surface area contributed by atoms with Crippen LogP contribution in [-0.2, 0) is 4.79 Å². The van der Waals surface area contributed by atoms with Gasteiger partial charge in [0.2, 0.25) is 0 Å². The number of aliphatic hydroxyl groups is 1. The van der Waals surface area contributed by atoms with E-state index in [1.54, 1.807) is 29.7 Å². The van der Waals surface area contributed by atoms with Crippen molar-refractivity contribution in [3.63, 3.8) is 0 Å². The fourth-order valence-electron chi connectivity index (χ4n) is 3.37. The van der Waals surface area contributed by atoms with Gasteiger partial charge in [-0.25, -0.2) is 9.37 Å². The first-order chi connectivity index (χ1) is 15.0. The molecule has 2 aromatic carbocycles. The summed E-state index contributed by atoms with van der Waals surface area (Å²) in [5.74, 6) is -2.19. The Hall–Kier alpha value is -3.78. The lowest BCUT2D eigenvalue weighted by Gasteiger charge is -2.24. The first-order valence-electron chi connectivity index (χ1n) is 9.32. The maximum Gasteiger partial charge on any atom is 0.296 e. The fourth-order valence-corrected chi connectivity index (χ4v) is 4.04. The molecular weight excluding hydrogens is 419 g/mol. The Morgan fingerprint density at radius 1 is 1.26 bits per heavy atom. The summed E-state index contributed by atoms with van der Waals surface area (Å²) in [5.41, 5.74) is 0.108. The first kappa shape index (κ1) is 20.5. The number of rotatable bonds is 7. The minimum Gasteiger partial charge on any atom is -0.503 e. The Morgan fingerprint density at radius 3 is 2.65 bits per heavy atom. The van der Waals surface area contributed by atoms with Crippen LogP contribution in [0.1, 0.15) is 22.0 Å². The van der Waals surface area contributed by atoms with Gasteiger partial charge in [0.05, 0.1) is 5.57 Å². The van der Waals surface area contributed by atoms with Gasteiger partial charge < -0.3 is 9.84 Å². The van der Waals surface area contributed by atoms with Gasteiger partial charge in [0.15, 0.2) is 16.7 Å². The number of hydrogen-bond acceptors (Lipinski definition) is 6. The molecule has 0 saturated carbocycles. The van der Waals surface area contributed by atoms with E-state index in [0.717, 1.165) is 16.2 Å². The number of carbonyl (C=O) groups excluding carboxylic acids is 2.